The summed E-state index contributed by atoms with van der Waals surface area (Å²) in [6, 6.07) is 3.91. The maximum absolute atomic E-state index is 5.69. The largest absolute Gasteiger partial charge is 0.475 e. The number of ether oxygens (including phenoxy) is 4. The van der Waals surface area contributed by atoms with Crippen LogP contribution in [0.3, 0.4) is 0 Å². The molecule has 1 unspecified atom stereocenters. The normalized spacial score (nSPS) is 17.4. The number of hydrogen-bond acceptors (Lipinski definition) is 6. The lowest BCUT2D eigenvalue weighted by Gasteiger charge is -2.22. The Kier molecular flexibility index (Phi) is 9.89. The second-order valence-electron chi connectivity index (χ2n) is 6.38. The summed E-state index contributed by atoms with van der Waals surface area (Å²) in [6.45, 7) is 5.58. The number of guanidine groups is 1. The number of likely N-dealkylation sites (tertiary alicyclic amines) is 1. The van der Waals surface area contributed by atoms with E-state index in [2.05, 4.69) is 20.2 Å². The Morgan fingerprint density at radius 2 is 2.07 bits per heavy atom. The molecular weight excluding hydrogens is 348 g/mol. The molecule has 1 aromatic rings. The van der Waals surface area contributed by atoms with Crippen LogP contribution in [-0.4, -0.2) is 83.2 Å². The zero-order valence-corrected chi connectivity index (χ0v) is 16.6. The second-order valence-corrected chi connectivity index (χ2v) is 6.38. The van der Waals surface area contributed by atoms with Gasteiger partial charge in [-0.25, -0.2) is 4.98 Å². The van der Waals surface area contributed by atoms with E-state index in [9.17, 15) is 0 Å². The smallest absolute Gasteiger partial charge is 0.218 e. The van der Waals surface area contributed by atoms with Gasteiger partial charge in [0.05, 0.1) is 26.4 Å². The van der Waals surface area contributed by atoms with Crippen LogP contribution < -0.4 is 10.1 Å². The first-order valence-electron chi connectivity index (χ1n) is 9.36. The number of methoxy groups -OCH3 is 2. The first-order chi connectivity index (χ1) is 13.3. The fraction of sp³-hybridized carbons (Fsp3) is 0.684. The molecule has 0 bridgehead atoms. The SMILES string of the molecule is CN=C(NCc1cccnc1OCCOC)N1CCC(COCCOC)C1. The molecule has 1 atom stereocenters. The molecule has 0 radical (unpaired) electrons. The summed E-state index contributed by atoms with van der Waals surface area (Å²) < 4.78 is 21.4. The molecule has 27 heavy (non-hydrogen) atoms. The predicted molar refractivity (Wildman–Crippen MR) is 104 cm³/mol. The van der Waals surface area contributed by atoms with Crippen LogP contribution in [0.25, 0.3) is 0 Å². The van der Waals surface area contributed by atoms with E-state index < -0.39 is 0 Å². The summed E-state index contributed by atoms with van der Waals surface area (Å²) >= 11 is 0. The first kappa shape index (κ1) is 21.4. The maximum atomic E-state index is 5.69. The van der Waals surface area contributed by atoms with E-state index in [0.717, 1.165) is 37.6 Å². The van der Waals surface area contributed by atoms with Gasteiger partial charge in [-0.3, -0.25) is 4.99 Å². The lowest BCUT2D eigenvalue weighted by molar-refractivity contribution is 0.0536. The number of pyridine rings is 1. The molecule has 1 saturated heterocycles. The van der Waals surface area contributed by atoms with Gasteiger partial charge in [-0.05, 0) is 12.5 Å². The molecule has 1 fully saturated rings. The zero-order chi connectivity index (χ0) is 19.3. The van der Waals surface area contributed by atoms with E-state index in [-0.39, 0.29) is 0 Å². The van der Waals surface area contributed by atoms with Gasteiger partial charge in [0.15, 0.2) is 5.96 Å². The van der Waals surface area contributed by atoms with Gasteiger partial charge in [0.1, 0.15) is 6.61 Å². The third-order valence-electron chi connectivity index (χ3n) is 4.40. The van der Waals surface area contributed by atoms with Crippen LogP contribution in [0.5, 0.6) is 5.88 Å². The minimum absolute atomic E-state index is 0.478. The van der Waals surface area contributed by atoms with Gasteiger partial charge in [0, 0.05) is 58.6 Å². The number of aliphatic imine (C=N–C) groups is 1. The van der Waals surface area contributed by atoms with Crippen molar-refractivity contribution in [2.45, 2.75) is 13.0 Å². The summed E-state index contributed by atoms with van der Waals surface area (Å²) in [7, 11) is 5.15. The monoisotopic (exact) mass is 380 g/mol. The van der Waals surface area contributed by atoms with Gasteiger partial charge in [0.25, 0.3) is 0 Å². The van der Waals surface area contributed by atoms with Gasteiger partial charge in [-0.15, -0.1) is 0 Å². The van der Waals surface area contributed by atoms with Crippen LogP contribution in [0.1, 0.15) is 12.0 Å². The number of nitrogens with zero attached hydrogens (tertiary/aromatic N) is 3. The van der Waals surface area contributed by atoms with E-state index in [4.69, 9.17) is 18.9 Å². The van der Waals surface area contributed by atoms with Gasteiger partial charge < -0.3 is 29.2 Å². The van der Waals surface area contributed by atoms with E-state index in [1.165, 1.54) is 0 Å². The van der Waals surface area contributed by atoms with E-state index >= 15 is 0 Å². The van der Waals surface area contributed by atoms with Crippen molar-refractivity contribution in [1.82, 2.24) is 15.2 Å². The summed E-state index contributed by atoms with van der Waals surface area (Å²) in [6.07, 6.45) is 2.83. The molecule has 0 aromatic carbocycles. The highest BCUT2D eigenvalue weighted by Gasteiger charge is 2.25. The lowest BCUT2D eigenvalue weighted by atomic mass is 10.1. The van der Waals surface area contributed by atoms with Crippen LogP contribution in [-0.2, 0) is 20.8 Å². The molecule has 8 nitrogen and oxygen atoms in total. The number of aromatic nitrogens is 1. The highest BCUT2D eigenvalue weighted by Crippen LogP contribution is 2.18. The number of rotatable bonds is 11. The Labute approximate surface area is 161 Å². The molecule has 1 aromatic heterocycles. The average molecular weight is 380 g/mol. The van der Waals surface area contributed by atoms with Gasteiger partial charge in [-0.2, -0.15) is 0 Å². The summed E-state index contributed by atoms with van der Waals surface area (Å²) in [5.74, 6) is 2.04. The Bertz CT molecular complexity index is 570. The summed E-state index contributed by atoms with van der Waals surface area (Å²) in [5.41, 5.74) is 0.994. The van der Waals surface area contributed by atoms with Crippen LogP contribution in [0.2, 0.25) is 0 Å². The Morgan fingerprint density at radius 3 is 2.85 bits per heavy atom. The predicted octanol–water partition coefficient (Wildman–Crippen LogP) is 1.17. The number of nitrogens with one attached hydrogen (secondary N) is 1. The molecule has 0 saturated carbocycles. The van der Waals surface area contributed by atoms with Crippen molar-refractivity contribution in [2.24, 2.45) is 10.9 Å². The van der Waals surface area contributed by atoms with Gasteiger partial charge in [-0.1, -0.05) is 6.07 Å². The Morgan fingerprint density at radius 1 is 1.26 bits per heavy atom. The maximum Gasteiger partial charge on any atom is 0.218 e. The highest BCUT2D eigenvalue weighted by atomic mass is 16.5. The van der Waals surface area contributed by atoms with E-state index in [1.54, 1.807) is 20.4 Å². The average Bonchev–Trinajstić information content (AvgIpc) is 3.16. The molecule has 0 amide bonds. The van der Waals surface area contributed by atoms with Crippen molar-refractivity contribution >= 4 is 5.96 Å². The summed E-state index contributed by atoms with van der Waals surface area (Å²) in [5, 5.41) is 3.42. The Hall–Kier alpha value is -1.90. The fourth-order valence-corrected chi connectivity index (χ4v) is 2.97. The molecule has 0 aliphatic carbocycles. The van der Waals surface area contributed by atoms with E-state index in [0.29, 0.717) is 44.8 Å². The standard InChI is InChI=1S/C19H32N4O4/c1-20-19(23-8-6-16(14-23)15-26-11-9-24-2)22-13-17-5-4-7-21-18(17)27-12-10-25-3/h4-5,7,16H,6,8-15H2,1-3H3,(H,20,22). The van der Waals surface area contributed by atoms with Crippen molar-refractivity contribution in [3.8, 4) is 5.88 Å². The molecule has 2 rings (SSSR count). The third-order valence-corrected chi connectivity index (χ3v) is 4.40. The minimum Gasteiger partial charge on any atom is -0.475 e. The molecular formula is C19H32N4O4. The van der Waals surface area contributed by atoms with Crippen LogP contribution in [0.4, 0.5) is 0 Å². The highest BCUT2D eigenvalue weighted by molar-refractivity contribution is 5.80. The van der Waals surface area contributed by atoms with Crippen molar-refractivity contribution in [3.05, 3.63) is 23.9 Å². The lowest BCUT2D eigenvalue weighted by Crippen LogP contribution is -2.40. The second kappa shape index (κ2) is 12.5. The minimum atomic E-state index is 0.478. The van der Waals surface area contributed by atoms with Gasteiger partial charge >= 0.3 is 0 Å². The topological polar surface area (TPSA) is 77.4 Å². The van der Waals surface area contributed by atoms with E-state index in [1.807, 2.05) is 19.2 Å². The molecule has 0 spiro atoms. The zero-order valence-electron chi connectivity index (χ0n) is 16.6. The molecule has 152 valence electrons. The number of hydrogen-bond donors (Lipinski definition) is 1. The quantitative estimate of drug-likeness (QED) is 0.351. The van der Waals surface area contributed by atoms with Crippen molar-refractivity contribution in [1.29, 1.82) is 0 Å². The molecule has 8 heteroatoms. The van der Waals surface area contributed by atoms with Crippen LogP contribution in [0.15, 0.2) is 23.3 Å². The first-order valence-corrected chi connectivity index (χ1v) is 9.36. The molecule has 1 aliphatic heterocycles. The Balaban J connectivity index is 1.81. The molecule has 1 aliphatic rings. The summed E-state index contributed by atoms with van der Waals surface area (Å²) in [4.78, 5) is 11.0. The van der Waals surface area contributed by atoms with Gasteiger partial charge in [0.2, 0.25) is 5.88 Å². The fourth-order valence-electron chi connectivity index (χ4n) is 2.97. The van der Waals surface area contributed by atoms with Crippen molar-refractivity contribution in [2.75, 3.05) is 67.4 Å². The van der Waals surface area contributed by atoms with Crippen molar-refractivity contribution in [3.63, 3.8) is 0 Å². The molecule has 1 N–H and O–H groups in total. The van der Waals surface area contributed by atoms with Crippen molar-refractivity contribution < 1.29 is 18.9 Å². The van der Waals surface area contributed by atoms with Crippen LogP contribution in [0, 0.1) is 5.92 Å². The van der Waals surface area contributed by atoms with Crippen LogP contribution >= 0.6 is 0 Å². The third kappa shape index (κ3) is 7.32. The molecule has 2 heterocycles.